The molecular formula is C19H19N3O3. The van der Waals surface area contributed by atoms with Gasteiger partial charge in [0.15, 0.2) is 0 Å². The van der Waals surface area contributed by atoms with E-state index in [1.165, 1.54) is 0 Å². The fourth-order valence-electron chi connectivity index (χ4n) is 3.43. The lowest BCUT2D eigenvalue weighted by Gasteiger charge is -2.32. The van der Waals surface area contributed by atoms with Crippen LogP contribution in [0.3, 0.4) is 0 Å². The summed E-state index contributed by atoms with van der Waals surface area (Å²) < 4.78 is 5.26. The van der Waals surface area contributed by atoms with Gasteiger partial charge in [0.25, 0.3) is 5.91 Å². The van der Waals surface area contributed by atoms with Crippen molar-refractivity contribution in [3.63, 3.8) is 0 Å². The SMILES string of the molecule is Cc1ccc2c(c1)N1C(=O)OC[C@@H]1CCN(C(=O)c1cccnc1)C2. The number of ether oxygens (including phenoxy) is 1. The number of anilines is 1. The third kappa shape index (κ3) is 2.84. The Bertz CT molecular complexity index is 822. The van der Waals surface area contributed by atoms with Gasteiger partial charge in [0.1, 0.15) is 6.61 Å². The number of benzene rings is 1. The van der Waals surface area contributed by atoms with Gasteiger partial charge in [-0.25, -0.2) is 4.79 Å². The number of hydrogen-bond donors (Lipinski definition) is 0. The Kier molecular flexibility index (Phi) is 3.87. The van der Waals surface area contributed by atoms with Crippen molar-refractivity contribution < 1.29 is 14.3 Å². The van der Waals surface area contributed by atoms with Crippen LogP contribution in [0, 0.1) is 6.92 Å². The molecule has 1 fully saturated rings. The summed E-state index contributed by atoms with van der Waals surface area (Å²) in [5.41, 5.74) is 3.44. The molecule has 0 spiro atoms. The van der Waals surface area contributed by atoms with Crippen LogP contribution < -0.4 is 4.90 Å². The monoisotopic (exact) mass is 337 g/mol. The van der Waals surface area contributed by atoms with Gasteiger partial charge in [-0.3, -0.25) is 14.7 Å². The lowest BCUT2D eigenvalue weighted by molar-refractivity contribution is 0.0734. The molecule has 2 amide bonds. The zero-order chi connectivity index (χ0) is 17.4. The summed E-state index contributed by atoms with van der Waals surface area (Å²) in [6.07, 6.45) is 3.63. The molecule has 128 valence electrons. The maximum atomic E-state index is 12.9. The van der Waals surface area contributed by atoms with E-state index in [4.69, 9.17) is 4.74 Å². The number of cyclic esters (lactones) is 1. The molecule has 3 heterocycles. The van der Waals surface area contributed by atoms with Crippen molar-refractivity contribution >= 4 is 17.7 Å². The van der Waals surface area contributed by atoms with Crippen LogP contribution in [0.15, 0.2) is 42.7 Å². The molecule has 1 atom stereocenters. The van der Waals surface area contributed by atoms with E-state index >= 15 is 0 Å². The number of carbonyl (C=O) groups is 2. The van der Waals surface area contributed by atoms with Gasteiger partial charge in [-0.2, -0.15) is 0 Å². The molecule has 2 aliphatic rings. The lowest BCUT2D eigenvalue weighted by atomic mass is 10.0. The Labute approximate surface area is 146 Å². The third-order valence-electron chi connectivity index (χ3n) is 4.75. The van der Waals surface area contributed by atoms with Crippen LogP contribution in [0.1, 0.15) is 27.9 Å². The standard InChI is InChI=1S/C19H19N3O3/c1-13-4-5-15-11-21(18(23)14-3-2-7-20-10-14)8-6-16-12-25-19(24)22(16)17(15)9-13/h2-5,7,9-10,16H,6,8,11-12H2,1H3/t16-/m0/s1. The molecule has 1 aromatic carbocycles. The van der Waals surface area contributed by atoms with Crippen molar-refractivity contribution in [2.75, 3.05) is 18.1 Å². The average molecular weight is 337 g/mol. The minimum atomic E-state index is -0.302. The molecule has 2 aromatic rings. The Morgan fingerprint density at radius 2 is 2.20 bits per heavy atom. The molecule has 1 aromatic heterocycles. The fourth-order valence-corrected chi connectivity index (χ4v) is 3.43. The Balaban J connectivity index is 1.72. The summed E-state index contributed by atoms with van der Waals surface area (Å²) in [6, 6.07) is 9.48. The highest BCUT2D eigenvalue weighted by molar-refractivity contribution is 5.95. The number of nitrogens with zero attached hydrogens (tertiary/aromatic N) is 3. The minimum Gasteiger partial charge on any atom is -0.447 e. The normalized spacial score (nSPS) is 19.6. The van der Waals surface area contributed by atoms with E-state index in [-0.39, 0.29) is 18.0 Å². The van der Waals surface area contributed by atoms with Crippen molar-refractivity contribution in [1.29, 1.82) is 0 Å². The van der Waals surface area contributed by atoms with Crippen molar-refractivity contribution in [2.45, 2.75) is 25.9 Å². The van der Waals surface area contributed by atoms with Crippen LogP contribution >= 0.6 is 0 Å². The maximum absolute atomic E-state index is 12.9. The Morgan fingerprint density at radius 3 is 3.00 bits per heavy atom. The number of carbonyl (C=O) groups excluding carboxylic acids is 2. The molecule has 6 heteroatoms. The summed E-state index contributed by atoms with van der Waals surface area (Å²) in [6.45, 7) is 3.38. The van der Waals surface area contributed by atoms with Gasteiger partial charge in [-0.05, 0) is 42.7 Å². The summed E-state index contributed by atoms with van der Waals surface area (Å²) >= 11 is 0. The number of pyridine rings is 1. The highest BCUT2D eigenvalue weighted by Crippen LogP contribution is 2.32. The second-order valence-electron chi connectivity index (χ2n) is 6.49. The maximum Gasteiger partial charge on any atom is 0.414 e. The molecule has 0 radical (unpaired) electrons. The first kappa shape index (κ1) is 15.6. The van der Waals surface area contributed by atoms with E-state index < -0.39 is 0 Å². The summed E-state index contributed by atoms with van der Waals surface area (Å²) in [5, 5.41) is 0. The Morgan fingerprint density at radius 1 is 1.32 bits per heavy atom. The largest absolute Gasteiger partial charge is 0.447 e. The molecule has 4 rings (SSSR count). The van der Waals surface area contributed by atoms with E-state index in [1.54, 1.807) is 29.4 Å². The summed E-state index contributed by atoms with van der Waals surface area (Å²) in [5.74, 6) is -0.0432. The third-order valence-corrected chi connectivity index (χ3v) is 4.75. The predicted octanol–water partition coefficient (Wildman–Crippen LogP) is 2.76. The second kappa shape index (κ2) is 6.20. The lowest BCUT2D eigenvalue weighted by Crippen LogP contribution is -2.42. The van der Waals surface area contributed by atoms with Gasteiger partial charge < -0.3 is 9.64 Å². The van der Waals surface area contributed by atoms with Crippen molar-refractivity contribution in [3.8, 4) is 0 Å². The number of amides is 2. The molecule has 0 unspecified atom stereocenters. The second-order valence-corrected chi connectivity index (χ2v) is 6.49. The molecule has 0 bridgehead atoms. The molecule has 25 heavy (non-hydrogen) atoms. The molecule has 1 saturated heterocycles. The highest BCUT2D eigenvalue weighted by Gasteiger charge is 2.37. The summed E-state index contributed by atoms with van der Waals surface area (Å²) in [4.78, 5) is 32.7. The van der Waals surface area contributed by atoms with Crippen molar-refractivity contribution in [1.82, 2.24) is 9.88 Å². The zero-order valence-electron chi connectivity index (χ0n) is 14.0. The first-order valence-corrected chi connectivity index (χ1v) is 8.38. The van der Waals surface area contributed by atoms with Crippen LogP contribution in [-0.2, 0) is 11.3 Å². The smallest absolute Gasteiger partial charge is 0.414 e. The number of aryl methyl sites for hydroxylation is 1. The van der Waals surface area contributed by atoms with Crippen LogP contribution in [0.2, 0.25) is 0 Å². The number of fused-ring (bicyclic) bond motifs is 3. The highest BCUT2D eigenvalue weighted by atomic mass is 16.6. The van der Waals surface area contributed by atoms with E-state index in [0.717, 1.165) is 16.8 Å². The van der Waals surface area contributed by atoms with Gasteiger partial charge in [0.05, 0.1) is 17.3 Å². The number of aromatic nitrogens is 1. The number of rotatable bonds is 1. The minimum absolute atomic E-state index is 0.0432. The number of hydrogen-bond acceptors (Lipinski definition) is 4. The van der Waals surface area contributed by atoms with Gasteiger partial charge >= 0.3 is 6.09 Å². The molecule has 0 N–H and O–H groups in total. The van der Waals surface area contributed by atoms with E-state index in [1.807, 2.05) is 30.0 Å². The first-order valence-electron chi connectivity index (χ1n) is 8.38. The Hall–Kier alpha value is -2.89. The van der Waals surface area contributed by atoms with Crippen LogP contribution in [0.5, 0.6) is 0 Å². The van der Waals surface area contributed by atoms with Crippen molar-refractivity contribution in [3.05, 3.63) is 59.4 Å². The van der Waals surface area contributed by atoms with Gasteiger partial charge in [0, 0.05) is 25.5 Å². The van der Waals surface area contributed by atoms with E-state index in [2.05, 4.69) is 4.98 Å². The van der Waals surface area contributed by atoms with Gasteiger partial charge in [-0.1, -0.05) is 12.1 Å². The molecule has 6 nitrogen and oxygen atoms in total. The fraction of sp³-hybridized carbons (Fsp3) is 0.316. The van der Waals surface area contributed by atoms with Crippen LogP contribution in [-0.4, -0.2) is 41.1 Å². The summed E-state index contributed by atoms with van der Waals surface area (Å²) in [7, 11) is 0. The average Bonchev–Trinajstić information content (AvgIpc) is 2.98. The van der Waals surface area contributed by atoms with Gasteiger partial charge in [-0.15, -0.1) is 0 Å². The topological polar surface area (TPSA) is 62.7 Å². The molecule has 2 aliphatic heterocycles. The van der Waals surface area contributed by atoms with Crippen LogP contribution in [0.4, 0.5) is 10.5 Å². The van der Waals surface area contributed by atoms with E-state index in [9.17, 15) is 9.59 Å². The quantitative estimate of drug-likeness (QED) is 0.803. The molecule has 0 saturated carbocycles. The molecule has 0 aliphatic carbocycles. The van der Waals surface area contributed by atoms with Gasteiger partial charge in [0.2, 0.25) is 0 Å². The van der Waals surface area contributed by atoms with Crippen molar-refractivity contribution in [2.24, 2.45) is 0 Å². The zero-order valence-corrected chi connectivity index (χ0v) is 14.0. The van der Waals surface area contributed by atoms with Crippen LogP contribution in [0.25, 0.3) is 0 Å². The van der Waals surface area contributed by atoms with E-state index in [0.29, 0.717) is 31.7 Å². The predicted molar refractivity (Wildman–Crippen MR) is 92.4 cm³/mol. The first-order chi connectivity index (χ1) is 12.1. The molecular weight excluding hydrogens is 318 g/mol.